The van der Waals surface area contributed by atoms with Gasteiger partial charge in [-0.25, -0.2) is 9.97 Å². The number of hydrogen-bond donors (Lipinski definition) is 2. The summed E-state index contributed by atoms with van der Waals surface area (Å²) in [7, 11) is 0. The van der Waals surface area contributed by atoms with E-state index in [1.165, 1.54) is 5.56 Å². The largest absolute Gasteiger partial charge is 0.486 e. The number of para-hydroxylation sites is 2. The highest BCUT2D eigenvalue weighted by Gasteiger charge is 2.23. The summed E-state index contributed by atoms with van der Waals surface area (Å²) in [6.07, 6.45) is 4.36. The first-order chi connectivity index (χ1) is 13.9. The molecule has 2 N–H and O–H groups in total. The molecule has 0 spiro atoms. The fraction of sp³-hybridized carbons (Fsp3) is 0.286. The van der Waals surface area contributed by atoms with Gasteiger partial charge in [0, 0.05) is 30.1 Å². The maximum Gasteiger partial charge on any atom is 0.163 e. The summed E-state index contributed by atoms with van der Waals surface area (Å²) in [5, 5.41) is 6.86. The van der Waals surface area contributed by atoms with E-state index in [1.54, 1.807) is 12.4 Å². The zero-order valence-corrected chi connectivity index (χ0v) is 15.4. The predicted molar refractivity (Wildman–Crippen MR) is 106 cm³/mol. The minimum Gasteiger partial charge on any atom is -0.486 e. The Morgan fingerprint density at radius 2 is 2.04 bits per heavy atom. The van der Waals surface area contributed by atoms with Crippen LogP contribution < -0.4 is 20.1 Å². The Morgan fingerprint density at radius 1 is 1.11 bits per heavy atom. The third-order valence-electron chi connectivity index (χ3n) is 4.92. The van der Waals surface area contributed by atoms with E-state index in [0.29, 0.717) is 19.0 Å². The van der Waals surface area contributed by atoms with Crippen molar-refractivity contribution in [3.63, 3.8) is 0 Å². The van der Waals surface area contributed by atoms with Crippen LogP contribution in [0.5, 0.6) is 11.5 Å². The second kappa shape index (κ2) is 7.44. The molecule has 1 aromatic carbocycles. The van der Waals surface area contributed by atoms with E-state index in [1.807, 2.05) is 36.4 Å². The Labute approximate surface area is 163 Å². The number of nitrogens with one attached hydrogen (secondary N) is 2. The van der Waals surface area contributed by atoms with Gasteiger partial charge in [0.25, 0.3) is 0 Å². The van der Waals surface area contributed by atoms with E-state index in [4.69, 9.17) is 19.4 Å². The summed E-state index contributed by atoms with van der Waals surface area (Å²) in [6, 6.07) is 11.6. The van der Waals surface area contributed by atoms with E-state index in [0.717, 1.165) is 48.1 Å². The second-order valence-corrected chi connectivity index (χ2v) is 6.87. The van der Waals surface area contributed by atoms with Gasteiger partial charge in [-0.3, -0.25) is 4.98 Å². The molecule has 0 bridgehead atoms. The second-order valence-electron chi connectivity index (χ2n) is 6.87. The van der Waals surface area contributed by atoms with Crippen LogP contribution in [0, 0.1) is 0 Å². The average Bonchev–Trinajstić information content (AvgIpc) is 2.77. The van der Waals surface area contributed by atoms with Crippen LogP contribution in [-0.2, 0) is 13.0 Å². The summed E-state index contributed by atoms with van der Waals surface area (Å²) < 4.78 is 11.9. The summed E-state index contributed by atoms with van der Waals surface area (Å²) in [5.41, 5.74) is 3.11. The van der Waals surface area contributed by atoms with Gasteiger partial charge in [0.2, 0.25) is 0 Å². The quantitative estimate of drug-likeness (QED) is 0.725. The zero-order chi connectivity index (χ0) is 18.8. The standard InChI is InChI=1S/C21H21N5O2/c1-2-6-19-18(5-1)27-13-15(28-19)11-24-21-16-7-9-23-12-17(16)25-20(26-21)14-4-3-8-22-10-14/h1-6,8,10,15,23H,7,9,11-13H2,(H,24,25,26). The van der Waals surface area contributed by atoms with Gasteiger partial charge in [0.15, 0.2) is 17.3 Å². The van der Waals surface area contributed by atoms with Crippen LogP contribution in [0.3, 0.4) is 0 Å². The maximum atomic E-state index is 6.06. The van der Waals surface area contributed by atoms with Crippen LogP contribution in [0.25, 0.3) is 11.4 Å². The maximum absolute atomic E-state index is 6.06. The fourth-order valence-electron chi connectivity index (χ4n) is 3.50. The highest BCUT2D eigenvalue weighted by atomic mass is 16.6. The van der Waals surface area contributed by atoms with E-state index in [9.17, 15) is 0 Å². The van der Waals surface area contributed by atoms with Crippen molar-refractivity contribution in [3.8, 4) is 22.9 Å². The summed E-state index contributed by atoms with van der Waals surface area (Å²) in [5.74, 6) is 3.13. The normalized spacial score (nSPS) is 17.6. The molecule has 0 saturated carbocycles. The molecule has 2 aromatic heterocycles. The Morgan fingerprint density at radius 3 is 2.93 bits per heavy atom. The van der Waals surface area contributed by atoms with Crippen LogP contribution in [0.1, 0.15) is 11.3 Å². The number of rotatable bonds is 4. The lowest BCUT2D eigenvalue weighted by molar-refractivity contribution is 0.0997. The number of nitrogens with zero attached hydrogens (tertiary/aromatic N) is 3. The first kappa shape index (κ1) is 16.9. The zero-order valence-electron chi connectivity index (χ0n) is 15.4. The van der Waals surface area contributed by atoms with E-state index in [-0.39, 0.29) is 6.10 Å². The van der Waals surface area contributed by atoms with Crippen molar-refractivity contribution in [1.82, 2.24) is 20.3 Å². The third-order valence-corrected chi connectivity index (χ3v) is 4.92. The lowest BCUT2D eigenvalue weighted by Gasteiger charge is -2.27. The molecule has 4 heterocycles. The Bertz CT molecular complexity index is 980. The Balaban J connectivity index is 1.38. The SMILES string of the molecule is c1cncc(-c2nc3c(c(NCC4COc5ccccc5O4)n2)CCNC3)c1. The molecule has 0 saturated heterocycles. The molecular formula is C21H21N5O2. The highest BCUT2D eigenvalue weighted by molar-refractivity contribution is 5.59. The van der Waals surface area contributed by atoms with Crippen LogP contribution in [0.4, 0.5) is 5.82 Å². The summed E-state index contributed by atoms with van der Waals surface area (Å²) in [4.78, 5) is 13.7. The molecule has 0 fully saturated rings. The van der Waals surface area contributed by atoms with Crippen LogP contribution >= 0.6 is 0 Å². The molecule has 5 rings (SSSR count). The first-order valence-corrected chi connectivity index (χ1v) is 9.50. The van der Waals surface area contributed by atoms with Gasteiger partial charge in [-0.1, -0.05) is 12.1 Å². The third kappa shape index (κ3) is 3.36. The number of aromatic nitrogens is 3. The van der Waals surface area contributed by atoms with Gasteiger partial charge < -0.3 is 20.1 Å². The molecule has 142 valence electrons. The minimum absolute atomic E-state index is 0.0796. The molecule has 28 heavy (non-hydrogen) atoms. The highest BCUT2D eigenvalue weighted by Crippen LogP contribution is 2.31. The van der Waals surface area contributed by atoms with Gasteiger partial charge in [0.05, 0.1) is 12.2 Å². The molecule has 0 aliphatic carbocycles. The molecule has 0 radical (unpaired) electrons. The molecule has 7 nitrogen and oxygen atoms in total. The molecule has 1 unspecified atom stereocenters. The number of hydrogen-bond acceptors (Lipinski definition) is 7. The van der Waals surface area contributed by atoms with E-state index < -0.39 is 0 Å². The van der Waals surface area contributed by atoms with Crippen LogP contribution in [0.15, 0.2) is 48.8 Å². The molecule has 3 aromatic rings. The van der Waals surface area contributed by atoms with Crippen molar-refractivity contribution in [2.45, 2.75) is 19.1 Å². The van der Waals surface area contributed by atoms with E-state index in [2.05, 4.69) is 15.6 Å². The molecule has 1 atom stereocenters. The molecule has 7 heteroatoms. The number of anilines is 1. The topological polar surface area (TPSA) is 81.2 Å². The minimum atomic E-state index is -0.0796. The number of benzene rings is 1. The first-order valence-electron chi connectivity index (χ1n) is 9.50. The fourth-order valence-corrected chi connectivity index (χ4v) is 3.50. The monoisotopic (exact) mass is 375 g/mol. The van der Waals surface area contributed by atoms with Crippen molar-refractivity contribution < 1.29 is 9.47 Å². The molecule has 2 aliphatic heterocycles. The van der Waals surface area contributed by atoms with Crippen LogP contribution in [-0.4, -0.2) is 40.8 Å². The van der Waals surface area contributed by atoms with Gasteiger partial charge in [-0.05, 0) is 37.2 Å². The van der Waals surface area contributed by atoms with Crippen molar-refractivity contribution >= 4 is 5.82 Å². The van der Waals surface area contributed by atoms with Crippen molar-refractivity contribution in [1.29, 1.82) is 0 Å². The van der Waals surface area contributed by atoms with Gasteiger partial charge in [-0.15, -0.1) is 0 Å². The predicted octanol–water partition coefficient (Wildman–Crippen LogP) is 2.44. The molecular weight excluding hydrogens is 354 g/mol. The van der Waals surface area contributed by atoms with Gasteiger partial charge in [-0.2, -0.15) is 0 Å². The van der Waals surface area contributed by atoms with E-state index >= 15 is 0 Å². The van der Waals surface area contributed by atoms with Crippen molar-refractivity contribution in [2.75, 3.05) is 25.0 Å². The number of pyridine rings is 1. The summed E-state index contributed by atoms with van der Waals surface area (Å²) >= 11 is 0. The Kier molecular flexibility index (Phi) is 4.50. The van der Waals surface area contributed by atoms with Crippen LogP contribution in [0.2, 0.25) is 0 Å². The number of ether oxygens (including phenoxy) is 2. The van der Waals surface area contributed by atoms with Gasteiger partial charge in [0.1, 0.15) is 18.5 Å². The molecule has 0 amide bonds. The van der Waals surface area contributed by atoms with Crippen molar-refractivity contribution in [2.24, 2.45) is 0 Å². The lowest BCUT2D eigenvalue weighted by Crippen LogP contribution is -2.36. The Hall–Kier alpha value is -3.19. The van der Waals surface area contributed by atoms with Gasteiger partial charge >= 0.3 is 0 Å². The lowest BCUT2D eigenvalue weighted by atomic mass is 10.1. The van der Waals surface area contributed by atoms with Crippen molar-refractivity contribution in [3.05, 3.63) is 60.0 Å². The molecule has 2 aliphatic rings. The smallest absolute Gasteiger partial charge is 0.163 e. The average molecular weight is 375 g/mol. The summed E-state index contributed by atoms with van der Waals surface area (Å²) in [6.45, 7) is 2.79. The number of fused-ring (bicyclic) bond motifs is 2.